The zero-order valence-corrected chi connectivity index (χ0v) is 8.44. The second-order valence-electron chi connectivity index (χ2n) is 3.99. The van der Waals surface area contributed by atoms with E-state index < -0.39 is 0 Å². The molecule has 0 N–H and O–H groups in total. The van der Waals surface area contributed by atoms with Gasteiger partial charge in [0, 0.05) is 25.1 Å². The first-order valence-electron chi connectivity index (χ1n) is 5.15. The summed E-state index contributed by atoms with van der Waals surface area (Å²) in [4.78, 5) is 10.7. The second-order valence-corrected chi connectivity index (χ2v) is 3.99. The van der Waals surface area contributed by atoms with Gasteiger partial charge in [0.2, 0.25) is 0 Å². The van der Waals surface area contributed by atoms with Crippen molar-refractivity contribution in [1.82, 2.24) is 15.0 Å². The van der Waals surface area contributed by atoms with Crippen LogP contribution >= 0.6 is 0 Å². The van der Waals surface area contributed by atoms with Crippen LogP contribution in [0.25, 0.3) is 0 Å². The highest BCUT2D eigenvalue weighted by Crippen LogP contribution is 2.38. The van der Waals surface area contributed by atoms with E-state index in [1.807, 2.05) is 10.9 Å². The molecule has 0 bridgehead atoms. The molecule has 2 rings (SSSR count). The highest BCUT2D eigenvalue weighted by Gasteiger charge is 2.26. The number of aromatic nitrogens is 3. The molecular weight excluding hydrogens is 178 g/mol. The molecule has 0 spiro atoms. The number of aryl methyl sites for hydroxylation is 1. The molecule has 1 aromatic rings. The van der Waals surface area contributed by atoms with Crippen molar-refractivity contribution in [1.29, 1.82) is 0 Å². The number of carbonyl (C=O) groups is 1. The highest BCUT2D eigenvalue weighted by atomic mass is 16.1. The van der Waals surface area contributed by atoms with Crippen molar-refractivity contribution in [2.75, 3.05) is 0 Å². The van der Waals surface area contributed by atoms with E-state index in [1.165, 1.54) is 12.8 Å². The maximum Gasteiger partial charge on any atom is 0.129 e. The van der Waals surface area contributed by atoms with Crippen LogP contribution in [0.2, 0.25) is 0 Å². The molecule has 0 saturated heterocycles. The Balaban J connectivity index is 1.80. The van der Waals surface area contributed by atoms with Crippen LogP contribution < -0.4 is 0 Å². The summed E-state index contributed by atoms with van der Waals surface area (Å²) in [5.41, 5.74) is 1.12. The van der Waals surface area contributed by atoms with Gasteiger partial charge in [-0.05, 0) is 26.2 Å². The Morgan fingerprint density at radius 3 is 3.07 bits per heavy atom. The minimum atomic E-state index is 0.243. The van der Waals surface area contributed by atoms with Gasteiger partial charge >= 0.3 is 0 Å². The van der Waals surface area contributed by atoms with Crippen molar-refractivity contribution in [2.45, 2.75) is 45.1 Å². The van der Waals surface area contributed by atoms with Gasteiger partial charge in [0.05, 0.1) is 5.69 Å². The summed E-state index contributed by atoms with van der Waals surface area (Å²) < 4.78 is 1.84. The van der Waals surface area contributed by atoms with Crippen LogP contribution in [0.5, 0.6) is 0 Å². The molecule has 0 aliphatic heterocycles. The molecule has 1 aliphatic rings. The molecule has 4 heteroatoms. The van der Waals surface area contributed by atoms with E-state index in [-0.39, 0.29) is 5.78 Å². The maximum atomic E-state index is 10.7. The van der Waals surface area contributed by atoms with Gasteiger partial charge in [-0.15, -0.1) is 5.10 Å². The Morgan fingerprint density at radius 1 is 1.64 bits per heavy atom. The Bertz CT molecular complexity index is 328. The Morgan fingerprint density at radius 2 is 2.43 bits per heavy atom. The van der Waals surface area contributed by atoms with E-state index >= 15 is 0 Å². The van der Waals surface area contributed by atoms with E-state index in [0.717, 1.165) is 18.7 Å². The number of Topliss-reactive ketones (excluding diaryl/α,β-unsaturated/α-hetero) is 1. The summed E-state index contributed by atoms with van der Waals surface area (Å²) in [6.45, 7) is 2.43. The number of rotatable bonds is 5. The van der Waals surface area contributed by atoms with Crippen LogP contribution in [0.3, 0.4) is 0 Å². The fraction of sp³-hybridized carbons (Fsp3) is 0.700. The topological polar surface area (TPSA) is 47.8 Å². The summed E-state index contributed by atoms with van der Waals surface area (Å²) in [6, 6.07) is 0. The van der Waals surface area contributed by atoms with Gasteiger partial charge in [-0.3, -0.25) is 4.68 Å². The average molecular weight is 193 g/mol. The fourth-order valence-corrected chi connectivity index (χ4v) is 1.48. The third-order valence-electron chi connectivity index (χ3n) is 2.47. The van der Waals surface area contributed by atoms with Crippen molar-refractivity contribution < 1.29 is 4.79 Å². The molecule has 0 aromatic carbocycles. The Kier molecular flexibility index (Phi) is 2.61. The lowest BCUT2D eigenvalue weighted by Gasteiger charge is -1.96. The molecular formula is C10H15N3O. The normalized spacial score (nSPS) is 15.8. The van der Waals surface area contributed by atoms with Crippen LogP contribution in [-0.2, 0) is 11.3 Å². The average Bonchev–Trinajstić information content (AvgIpc) is 2.87. The Hall–Kier alpha value is -1.19. The van der Waals surface area contributed by atoms with E-state index in [9.17, 15) is 4.79 Å². The molecule has 1 aromatic heterocycles. The number of ketones is 1. The van der Waals surface area contributed by atoms with Crippen LogP contribution in [-0.4, -0.2) is 20.8 Å². The fourth-order valence-electron chi connectivity index (χ4n) is 1.48. The molecule has 0 radical (unpaired) electrons. The molecule has 14 heavy (non-hydrogen) atoms. The molecule has 0 amide bonds. The molecule has 1 aliphatic carbocycles. The van der Waals surface area contributed by atoms with Crippen molar-refractivity contribution in [2.24, 2.45) is 0 Å². The van der Waals surface area contributed by atoms with Crippen molar-refractivity contribution in [3.8, 4) is 0 Å². The largest absolute Gasteiger partial charge is 0.300 e. The predicted molar refractivity (Wildman–Crippen MR) is 51.9 cm³/mol. The summed E-state index contributed by atoms with van der Waals surface area (Å²) in [7, 11) is 0. The Labute approximate surface area is 83.3 Å². The van der Waals surface area contributed by atoms with Crippen LogP contribution in [0.15, 0.2) is 6.20 Å². The molecule has 1 heterocycles. The number of nitrogens with zero attached hydrogens (tertiary/aromatic N) is 3. The minimum absolute atomic E-state index is 0.243. The van der Waals surface area contributed by atoms with Gasteiger partial charge in [-0.1, -0.05) is 5.21 Å². The second kappa shape index (κ2) is 3.90. The van der Waals surface area contributed by atoms with E-state index in [0.29, 0.717) is 12.3 Å². The molecule has 0 unspecified atom stereocenters. The molecule has 1 saturated carbocycles. The smallest absolute Gasteiger partial charge is 0.129 e. The van der Waals surface area contributed by atoms with Crippen LogP contribution in [0, 0.1) is 0 Å². The van der Waals surface area contributed by atoms with Gasteiger partial charge < -0.3 is 4.79 Å². The van der Waals surface area contributed by atoms with Gasteiger partial charge in [-0.2, -0.15) is 0 Å². The van der Waals surface area contributed by atoms with Gasteiger partial charge in [0.25, 0.3) is 0 Å². The maximum absolute atomic E-state index is 10.7. The van der Waals surface area contributed by atoms with Crippen molar-refractivity contribution >= 4 is 5.78 Å². The third-order valence-corrected chi connectivity index (χ3v) is 2.47. The molecule has 76 valence electrons. The third kappa shape index (κ3) is 2.40. The van der Waals surface area contributed by atoms with Gasteiger partial charge in [-0.25, -0.2) is 0 Å². The zero-order valence-electron chi connectivity index (χ0n) is 8.44. The lowest BCUT2D eigenvalue weighted by Crippen LogP contribution is -2.01. The minimum Gasteiger partial charge on any atom is -0.300 e. The van der Waals surface area contributed by atoms with Crippen LogP contribution in [0.1, 0.15) is 44.2 Å². The lowest BCUT2D eigenvalue weighted by atomic mass is 10.2. The first-order valence-corrected chi connectivity index (χ1v) is 5.15. The number of carbonyl (C=O) groups excluding carboxylic acids is 1. The zero-order chi connectivity index (χ0) is 9.97. The summed E-state index contributed by atoms with van der Waals surface area (Å²) in [5, 5.41) is 8.13. The van der Waals surface area contributed by atoms with E-state index in [4.69, 9.17) is 0 Å². The number of hydrogen-bond donors (Lipinski definition) is 0. The van der Waals surface area contributed by atoms with Crippen molar-refractivity contribution in [3.05, 3.63) is 11.9 Å². The monoisotopic (exact) mass is 193 g/mol. The summed E-state index contributed by atoms with van der Waals surface area (Å²) >= 11 is 0. The van der Waals surface area contributed by atoms with Crippen molar-refractivity contribution in [3.63, 3.8) is 0 Å². The van der Waals surface area contributed by atoms with Crippen LogP contribution in [0.4, 0.5) is 0 Å². The van der Waals surface area contributed by atoms with Gasteiger partial charge in [0.1, 0.15) is 5.78 Å². The lowest BCUT2D eigenvalue weighted by molar-refractivity contribution is -0.117. The number of hydrogen-bond acceptors (Lipinski definition) is 3. The van der Waals surface area contributed by atoms with Gasteiger partial charge in [0.15, 0.2) is 0 Å². The predicted octanol–water partition coefficient (Wildman–Crippen LogP) is 1.52. The summed E-state index contributed by atoms with van der Waals surface area (Å²) in [5.74, 6) is 0.907. The first kappa shape index (κ1) is 9.37. The SMILES string of the molecule is CC(=O)CCCn1cc(C2CC2)nn1. The molecule has 0 atom stereocenters. The first-order chi connectivity index (χ1) is 6.75. The molecule has 4 nitrogen and oxygen atoms in total. The highest BCUT2D eigenvalue weighted by molar-refractivity contribution is 5.75. The van der Waals surface area contributed by atoms with E-state index in [2.05, 4.69) is 10.3 Å². The standard InChI is InChI=1S/C10H15N3O/c1-8(14)3-2-6-13-7-10(11-12-13)9-4-5-9/h7,9H,2-6H2,1H3. The summed E-state index contributed by atoms with van der Waals surface area (Å²) in [6.07, 6.45) is 6.03. The quantitative estimate of drug-likeness (QED) is 0.712. The molecule has 1 fully saturated rings. The van der Waals surface area contributed by atoms with E-state index in [1.54, 1.807) is 6.92 Å².